The summed E-state index contributed by atoms with van der Waals surface area (Å²) in [6, 6.07) is 15.6. The van der Waals surface area contributed by atoms with Crippen LogP contribution in [0.1, 0.15) is 64.7 Å². The molecule has 0 spiro atoms. The highest BCUT2D eigenvalue weighted by Gasteiger charge is 2.23. The molecule has 0 aliphatic rings. The predicted octanol–water partition coefficient (Wildman–Crippen LogP) is 6.12. The number of nitrogens with zero attached hydrogens (tertiary/aromatic N) is 1. The van der Waals surface area contributed by atoms with Crippen LogP contribution in [0.4, 0.5) is 0 Å². The zero-order chi connectivity index (χ0) is 28.6. The van der Waals surface area contributed by atoms with Crippen LogP contribution in [-0.4, -0.2) is 51.6 Å². The second-order valence-corrected chi connectivity index (χ2v) is 11.0. The van der Waals surface area contributed by atoms with Crippen LogP contribution in [-0.2, 0) is 9.53 Å². The van der Waals surface area contributed by atoms with Crippen LogP contribution in [0.3, 0.4) is 0 Å². The Kier molecular flexibility index (Phi) is 10.1. The summed E-state index contributed by atoms with van der Waals surface area (Å²) in [6.45, 7) is 7.36. The fourth-order valence-electron chi connectivity index (χ4n) is 3.93. The molecule has 1 heterocycles. The van der Waals surface area contributed by atoms with Gasteiger partial charge in [0, 0.05) is 17.3 Å². The monoisotopic (exact) mass is 546 g/mol. The van der Waals surface area contributed by atoms with E-state index in [1.54, 1.807) is 57.3 Å². The number of carbonyl (C=O) groups excluding carboxylic acids is 2. The molecule has 2 aromatic carbocycles. The summed E-state index contributed by atoms with van der Waals surface area (Å²) in [5.41, 5.74) is 3.86. The summed E-state index contributed by atoms with van der Waals surface area (Å²) in [5.74, 6) is -1.40. The summed E-state index contributed by atoms with van der Waals surface area (Å²) in [5, 5.41) is 12.3. The summed E-state index contributed by atoms with van der Waals surface area (Å²) < 4.78 is 5.50. The number of nitrogens with one attached hydrogen (secondary N) is 1. The Hall–Kier alpha value is -3.91. The fraction of sp³-hybridized carbons (Fsp3) is 0.290. The van der Waals surface area contributed by atoms with Gasteiger partial charge in [-0.15, -0.1) is 0 Å². The molecule has 0 saturated carbocycles. The van der Waals surface area contributed by atoms with E-state index in [0.717, 1.165) is 16.7 Å². The number of thioether (sulfide) groups is 1. The number of pyridine rings is 1. The number of aryl methyl sites for hydroxylation is 1. The van der Waals surface area contributed by atoms with Gasteiger partial charge in [-0.1, -0.05) is 48.6 Å². The van der Waals surface area contributed by atoms with Gasteiger partial charge in [0.05, 0.1) is 0 Å². The maximum Gasteiger partial charge on any atom is 0.358 e. The first-order valence-corrected chi connectivity index (χ1v) is 14.0. The van der Waals surface area contributed by atoms with E-state index in [-0.39, 0.29) is 5.69 Å². The van der Waals surface area contributed by atoms with Gasteiger partial charge in [-0.05, 0) is 86.6 Å². The van der Waals surface area contributed by atoms with Crippen LogP contribution in [0.15, 0.2) is 60.8 Å². The molecule has 0 aliphatic heterocycles. The molecule has 39 heavy (non-hydrogen) atoms. The molecule has 3 rings (SSSR count). The highest BCUT2D eigenvalue weighted by atomic mass is 32.2. The first-order chi connectivity index (χ1) is 18.5. The van der Waals surface area contributed by atoms with Crippen molar-refractivity contribution in [2.45, 2.75) is 45.8 Å². The lowest BCUT2D eigenvalue weighted by Gasteiger charge is -2.19. The minimum Gasteiger partial charge on any atom is -0.480 e. The molecule has 2 N–H and O–H groups in total. The van der Waals surface area contributed by atoms with E-state index in [0.29, 0.717) is 28.9 Å². The maximum atomic E-state index is 13.3. The lowest BCUT2D eigenvalue weighted by Crippen LogP contribution is -2.41. The Labute approximate surface area is 233 Å². The van der Waals surface area contributed by atoms with Crippen molar-refractivity contribution < 1.29 is 24.2 Å². The molecule has 0 aliphatic carbocycles. The number of benzene rings is 2. The SMILES string of the molecule is CSCCC(NC(=O)c1ccc(C=Cc2cccnc2C(=O)OC(C)(C)C)cc1-c1ccccc1C)C(=O)O. The predicted molar refractivity (Wildman–Crippen MR) is 157 cm³/mol. The van der Waals surface area contributed by atoms with E-state index in [4.69, 9.17) is 4.74 Å². The molecule has 0 fully saturated rings. The van der Waals surface area contributed by atoms with Gasteiger partial charge in [0.2, 0.25) is 0 Å². The molecule has 7 nitrogen and oxygen atoms in total. The van der Waals surface area contributed by atoms with Crippen molar-refractivity contribution >= 4 is 41.8 Å². The third-order valence-corrected chi connectivity index (χ3v) is 6.47. The van der Waals surface area contributed by atoms with Crippen molar-refractivity contribution in [1.29, 1.82) is 0 Å². The Morgan fingerprint density at radius 2 is 1.79 bits per heavy atom. The number of carboxylic acids is 1. The average Bonchev–Trinajstić information content (AvgIpc) is 2.89. The standard InChI is InChI=1S/C31H34N2O5S/c1-20-9-6-7-11-23(20)25-19-21(13-15-24(25)28(34)33-26(29(35)36)16-18-39-5)12-14-22-10-8-17-32-27(22)30(37)38-31(2,3)4/h6-15,17,19,26H,16,18H2,1-5H3,(H,33,34)(H,35,36). The molecule has 204 valence electrons. The first-order valence-electron chi connectivity index (χ1n) is 12.6. The number of hydrogen-bond acceptors (Lipinski definition) is 6. The van der Waals surface area contributed by atoms with Crippen LogP contribution in [0.5, 0.6) is 0 Å². The van der Waals surface area contributed by atoms with Crippen molar-refractivity contribution in [1.82, 2.24) is 10.3 Å². The van der Waals surface area contributed by atoms with Gasteiger partial charge < -0.3 is 15.2 Å². The number of amides is 1. The van der Waals surface area contributed by atoms with Crippen LogP contribution < -0.4 is 5.32 Å². The number of ether oxygens (including phenoxy) is 1. The molecule has 0 radical (unpaired) electrons. The quantitative estimate of drug-likeness (QED) is 0.295. The topological polar surface area (TPSA) is 106 Å². The van der Waals surface area contributed by atoms with Gasteiger partial charge in [-0.3, -0.25) is 4.79 Å². The highest BCUT2D eigenvalue weighted by Crippen LogP contribution is 2.29. The normalized spacial score (nSPS) is 12.2. The fourth-order valence-corrected chi connectivity index (χ4v) is 4.40. The van der Waals surface area contributed by atoms with Gasteiger partial charge in [-0.25, -0.2) is 14.6 Å². The Morgan fingerprint density at radius 3 is 2.46 bits per heavy atom. The molecule has 0 bridgehead atoms. The molecule has 8 heteroatoms. The van der Waals surface area contributed by atoms with Gasteiger partial charge in [-0.2, -0.15) is 11.8 Å². The molecular formula is C31H34N2O5S. The van der Waals surface area contributed by atoms with Gasteiger partial charge in [0.25, 0.3) is 5.91 Å². The van der Waals surface area contributed by atoms with Crippen molar-refractivity contribution in [3.05, 3.63) is 88.7 Å². The molecule has 1 unspecified atom stereocenters. The van der Waals surface area contributed by atoms with Crippen molar-refractivity contribution in [2.75, 3.05) is 12.0 Å². The zero-order valence-electron chi connectivity index (χ0n) is 22.9. The minimum absolute atomic E-state index is 0.212. The Balaban J connectivity index is 2.00. The summed E-state index contributed by atoms with van der Waals surface area (Å²) >= 11 is 1.53. The van der Waals surface area contributed by atoms with Crippen LogP contribution in [0, 0.1) is 6.92 Å². The van der Waals surface area contributed by atoms with E-state index in [9.17, 15) is 19.5 Å². The van der Waals surface area contributed by atoms with Crippen LogP contribution >= 0.6 is 11.8 Å². The molecule has 1 aromatic heterocycles. The highest BCUT2D eigenvalue weighted by molar-refractivity contribution is 7.98. The number of rotatable bonds is 10. The van der Waals surface area contributed by atoms with Crippen molar-refractivity contribution in [3.63, 3.8) is 0 Å². The van der Waals surface area contributed by atoms with Crippen molar-refractivity contribution in [3.8, 4) is 11.1 Å². The lowest BCUT2D eigenvalue weighted by molar-refractivity contribution is -0.139. The smallest absolute Gasteiger partial charge is 0.358 e. The summed E-state index contributed by atoms with van der Waals surface area (Å²) in [4.78, 5) is 41.9. The molecule has 3 aromatic rings. The van der Waals surface area contributed by atoms with Crippen LogP contribution in [0.25, 0.3) is 23.3 Å². The second kappa shape index (κ2) is 13.2. The van der Waals surface area contributed by atoms with Gasteiger partial charge in [0.1, 0.15) is 11.6 Å². The number of esters is 1. The summed E-state index contributed by atoms with van der Waals surface area (Å²) in [7, 11) is 0. The first kappa shape index (κ1) is 29.6. The number of aliphatic carboxylic acids is 1. The molecule has 1 atom stereocenters. The van der Waals surface area contributed by atoms with Gasteiger partial charge >= 0.3 is 11.9 Å². The van der Waals surface area contributed by atoms with E-state index in [1.165, 1.54) is 11.8 Å². The Bertz CT molecular complexity index is 1380. The number of hydrogen-bond donors (Lipinski definition) is 2. The lowest BCUT2D eigenvalue weighted by atomic mass is 9.93. The van der Waals surface area contributed by atoms with E-state index in [1.807, 2.05) is 49.6 Å². The van der Waals surface area contributed by atoms with Crippen molar-refractivity contribution in [2.24, 2.45) is 0 Å². The number of carbonyl (C=O) groups is 3. The number of carboxylic acid groups (broad SMARTS) is 1. The molecular weight excluding hydrogens is 512 g/mol. The van der Waals surface area contributed by atoms with Gasteiger partial charge in [0.15, 0.2) is 5.69 Å². The van der Waals surface area contributed by atoms with Crippen LogP contribution in [0.2, 0.25) is 0 Å². The maximum absolute atomic E-state index is 13.3. The second-order valence-electron chi connectivity index (χ2n) is 10.0. The Morgan fingerprint density at radius 1 is 1.05 bits per heavy atom. The third-order valence-electron chi connectivity index (χ3n) is 5.82. The largest absolute Gasteiger partial charge is 0.480 e. The average molecular weight is 547 g/mol. The zero-order valence-corrected chi connectivity index (χ0v) is 23.7. The van der Waals surface area contributed by atoms with E-state index < -0.39 is 29.5 Å². The molecule has 1 amide bonds. The number of aromatic nitrogens is 1. The minimum atomic E-state index is -1.06. The van der Waals surface area contributed by atoms with E-state index >= 15 is 0 Å². The third kappa shape index (κ3) is 8.29. The molecule has 0 saturated heterocycles. The summed E-state index contributed by atoms with van der Waals surface area (Å²) in [6.07, 6.45) is 7.39. The van der Waals surface area contributed by atoms with E-state index in [2.05, 4.69) is 10.3 Å².